The van der Waals surface area contributed by atoms with Crippen molar-refractivity contribution in [1.29, 1.82) is 0 Å². The van der Waals surface area contributed by atoms with Crippen molar-refractivity contribution in [1.82, 2.24) is 0 Å². The molecule has 25 heavy (non-hydrogen) atoms. The molecule has 5 nitrogen and oxygen atoms in total. The van der Waals surface area contributed by atoms with Crippen LogP contribution in [0.2, 0.25) is 0 Å². The third-order valence-corrected chi connectivity index (χ3v) is 3.69. The number of carbonyl (C=O) groups is 1. The summed E-state index contributed by atoms with van der Waals surface area (Å²) >= 11 is 0. The molecule has 0 atom stereocenters. The van der Waals surface area contributed by atoms with Gasteiger partial charge in [-0.15, -0.1) is 6.07 Å². The molecule has 0 bridgehead atoms. The fourth-order valence-electron chi connectivity index (χ4n) is 2.26. The van der Waals surface area contributed by atoms with Gasteiger partial charge in [-0.3, -0.25) is 5.32 Å². The van der Waals surface area contributed by atoms with Gasteiger partial charge in [-0.05, 0) is 5.56 Å². The Labute approximate surface area is 170 Å². The largest absolute Gasteiger partial charge is 0.448 e. The second-order valence-electron chi connectivity index (χ2n) is 5.50. The average Bonchev–Trinajstić information content (AvgIpc) is 2.57. The number of fused-ring (bicyclic) bond motifs is 1. The molecule has 3 rings (SSSR count). The Kier molecular flexibility index (Phi) is 6.51. The minimum atomic E-state index is -0.710. The van der Waals surface area contributed by atoms with Crippen molar-refractivity contribution in [3.8, 4) is 0 Å². The molecular weight excluding hydrogens is 395 g/mol. The monoisotopic (exact) mass is 411 g/mol. The predicted octanol–water partition coefficient (Wildman–Crippen LogP) is 3.96. The van der Waals surface area contributed by atoms with Crippen molar-refractivity contribution in [3.63, 3.8) is 0 Å². The Morgan fingerprint density at radius 3 is 2.64 bits per heavy atom. The molecule has 1 heterocycles. The van der Waals surface area contributed by atoms with E-state index >= 15 is 0 Å². The van der Waals surface area contributed by atoms with E-state index in [1.54, 1.807) is 6.07 Å². The van der Waals surface area contributed by atoms with Crippen molar-refractivity contribution < 1.29 is 46.7 Å². The molecule has 0 aliphatic heterocycles. The van der Waals surface area contributed by atoms with Crippen molar-refractivity contribution in [2.24, 2.45) is 0 Å². The van der Waals surface area contributed by atoms with Crippen LogP contribution in [-0.4, -0.2) is 6.09 Å². The molecule has 0 saturated carbocycles. The summed E-state index contributed by atoms with van der Waals surface area (Å²) in [7, 11) is 0. The zero-order valence-corrected chi connectivity index (χ0v) is 16.8. The Morgan fingerprint density at radius 1 is 1.20 bits per heavy atom. The Morgan fingerprint density at radius 2 is 1.92 bits per heavy atom. The van der Waals surface area contributed by atoms with Crippen molar-refractivity contribution in [2.75, 3.05) is 5.32 Å². The Hall–Kier alpha value is -1.98. The van der Waals surface area contributed by atoms with Gasteiger partial charge in [0.25, 0.3) is 0 Å². The van der Waals surface area contributed by atoms with Crippen molar-refractivity contribution in [3.05, 3.63) is 75.6 Å². The SMILES string of the molecule is Cc1[c-]c2oc(=O)c(NC(=O)OCc3ccccc3)cc2cc1C.[Y]. The van der Waals surface area contributed by atoms with E-state index in [0.29, 0.717) is 11.0 Å². The van der Waals surface area contributed by atoms with E-state index in [2.05, 4.69) is 11.4 Å². The van der Waals surface area contributed by atoms with E-state index in [0.717, 1.165) is 16.7 Å². The summed E-state index contributed by atoms with van der Waals surface area (Å²) in [6.45, 7) is 3.96. The zero-order valence-electron chi connectivity index (χ0n) is 14.0. The molecule has 125 valence electrons. The summed E-state index contributed by atoms with van der Waals surface area (Å²) < 4.78 is 10.3. The molecule has 1 aromatic heterocycles. The molecule has 3 aromatic rings. The number of hydrogen-bond donors (Lipinski definition) is 1. The summed E-state index contributed by atoms with van der Waals surface area (Å²) in [5.41, 5.74) is 2.56. The van der Waals surface area contributed by atoms with E-state index in [9.17, 15) is 9.59 Å². The van der Waals surface area contributed by atoms with Crippen LogP contribution in [0.5, 0.6) is 0 Å². The van der Waals surface area contributed by atoms with E-state index in [4.69, 9.17) is 9.15 Å². The first-order valence-corrected chi connectivity index (χ1v) is 7.48. The number of hydrogen-bond acceptors (Lipinski definition) is 4. The standard InChI is InChI=1S/C19H16NO4.Y/c1-12-8-15-10-16(18(21)24-17(15)9-13(12)2)20-19(22)23-11-14-6-4-3-5-7-14;/h3-8,10H,11H2,1-2H3,(H,20,22);/q-1;. The molecule has 6 heteroatoms. The summed E-state index contributed by atoms with van der Waals surface area (Å²) in [5, 5.41) is 3.12. The number of carbonyl (C=O) groups excluding carboxylic acids is 1. The molecule has 1 radical (unpaired) electrons. The van der Waals surface area contributed by atoms with Gasteiger partial charge in [0.05, 0.1) is 0 Å². The normalized spacial score (nSPS) is 10.2. The van der Waals surface area contributed by atoms with Gasteiger partial charge in [0.15, 0.2) is 0 Å². The summed E-state index contributed by atoms with van der Waals surface area (Å²) in [6, 6.07) is 15.7. The van der Waals surface area contributed by atoms with Crippen LogP contribution in [0.25, 0.3) is 11.0 Å². The number of ether oxygens (including phenoxy) is 1. The molecule has 0 spiro atoms. The third-order valence-electron chi connectivity index (χ3n) is 3.69. The second kappa shape index (κ2) is 8.41. The number of aryl methyl sites for hydroxylation is 2. The first kappa shape index (κ1) is 19.3. The second-order valence-corrected chi connectivity index (χ2v) is 5.50. The smallest absolute Gasteiger partial charge is 0.412 e. The minimum absolute atomic E-state index is 0. The molecule has 2 aromatic carbocycles. The van der Waals surface area contributed by atoms with Crippen LogP contribution in [0.15, 0.2) is 51.7 Å². The number of amides is 1. The van der Waals surface area contributed by atoms with Crippen LogP contribution < -0.4 is 10.9 Å². The molecule has 1 N–H and O–H groups in total. The minimum Gasteiger partial charge on any atom is -0.448 e. The number of anilines is 1. The topological polar surface area (TPSA) is 68.5 Å². The van der Waals surface area contributed by atoms with Crippen molar-refractivity contribution >= 4 is 22.7 Å². The Bertz CT molecular complexity index is 951. The zero-order chi connectivity index (χ0) is 17.1. The van der Waals surface area contributed by atoms with Crippen LogP contribution in [-0.2, 0) is 44.1 Å². The van der Waals surface area contributed by atoms with Crippen molar-refractivity contribution in [2.45, 2.75) is 20.5 Å². The maximum Gasteiger partial charge on any atom is 0.412 e. The van der Waals surface area contributed by atoms with E-state index in [1.807, 2.05) is 50.2 Å². The fourth-order valence-corrected chi connectivity index (χ4v) is 2.26. The maximum absolute atomic E-state index is 12.0. The fraction of sp³-hybridized carbons (Fsp3) is 0.158. The van der Waals surface area contributed by atoms with E-state index in [-0.39, 0.29) is 45.0 Å². The molecule has 1 amide bonds. The molecule has 0 unspecified atom stereocenters. The van der Waals surface area contributed by atoms with Crippen LogP contribution in [0, 0.1) is 19.9 Å². The van der Waals surface area contributed by atoms with Crippen LogP contribution >= 0.6 is 0 Å². The summed E-state index contributed by atoms with van der Waals surface area (Å²) in [5.74, 6) is 0. The van der Waals surface area contributed by atoms with Gasteiger partial charge in [-0.2, -0.15) is 17.2 Å². The quantitative estimate of drug-likeness (QED) is 0.524. The van der Waals surface area contributed by atoms with Gasteiger partial charge < -0.3 is 9.15 Å². The molecular formula is C19H16NO4Y-. The van der Waals surface area contributed by atoms with Gasteiger partial charge >= 0.3 is 11.7 Å². The Balaban J connectivity index is 0.00000225. The average molecular weight is 411 g/mol. The third kappa shape index (κ3) is 4.77. The number of benzene rings is 2. The van der Waals surface area contributed by atoms with E-state index < -0.39 is 11.7 Å². The van der Waals surface area contributed by atoms with Gasteiger partial charge in [0.2, 0.25) is 0 Å². The molecule has 0 aliphatic carbocycles. The number of rotatable bonds is 3. The number of nitrogens with one attached hydrogen (secondary N) is 1. The predicted molar refractivity (Wildman–Crippen MR) is 91.0 cm³/mol. The van der Waals surface area contributed by atoms with Crippen LogP contribution in [0.1, 0.15) is 16.7 Å². The van der Waals surface area contributed by atoms with Crippen LogP contribution in [0.3, 0.4) is 0 Å². The summed E-state index contributed by atoms with van der Waals surface area (Å²) in [6.07, 6.45) is -0.710. The van der Waals surface area contributed by atoms with E-state index in [1.165, 1.54) is 0 Å². The van der Waals surface area contributed by atoms with Gasteiger partial charge in [-0.25, -0.2) is 9.59 Å². The molecule has 0 fully saturated rings. The van der Waals surface area contributed by atoms with Gasteiger partial charge in [0.1, 0.15) is 12.3 Å². The molecule has 0 aliphatic rings. The van der Waals surface area contributed by atoms with Gasteiger partial charge in [-0.1, -0.05) is 55.6 Å². The first-order chi connectivity index (χ1) is 11.5. The van der Waals surface area contributed by atoms with Gasteiger partial charge in [0, 0.05) is 38.3 Å². The van der Waals surface area contributed by atoms with Crippen LogP contribution in [0.4, 0.5) is 10.5 Å². The maximum atomic E-state index is 12.0. The summed E-state index contributed by atoms with van der Waals surface area (Å²) in [4.78, 5) is 23.9. The molecule has 0 saturated heterocycles. The first-order valence-electron chi connectivity index (χ1n) is 7.48.